The number of aryl methyl sites for hydroxylation is 1. The summed E-state index contributed by atoms with van der Waals surface area (Å²) in [6.45, 7) is 1.84. The van der Waals surface area contributed by atoms with E-state index in [1.54, 1.807) is 0 Å². The van der Waals surface area contributed by atoms with Crippen molar-refractivity contribution in [1.29, 1.82) is 0 Å². The van der Waals surface area contributed by atoms with E-state index in [4.69, 9.17) is 4.55 Å². The zero-order valence-corrected chi connectivity index (χ0v) is 11.1. The Kier molecular flexibility index (Phi) is 2.59. The molecule has 0 bridgehead atoms. The SMILES string of the molecule is Cc1cc(S(=O)(=O)O)cc2cc3ccccc3cc12. The van der Waals surface area contributed by atoms with Crippen molar-refractivity contribution in [2.75, 3.05) is 0 Å². The van der Waals surface area contributed by atoms with E-state index in [1.165, 1.54) is 12.1 Å². The Bertz CT molecular complexity index is 896. The maximum Gasteiger partial charge on any atom is 0.294 e. The summed E-state index contributed by atoms with van der Waals surface area (Å²) in [4.78, 5) is -0.0622. The van der Waals surface area contributed by atoms with Crippen molar-refractivity contribution in [3.63, 3.8) is 0 Å². The molecule has 0 spiro atoms. The van der Waals surface area contributed by atoms with E-state index in [-0.39, 0.29) is 4.90 Å². The molecule has 4 heteroatoms. The minimum Gasteiger partial charge on any atom is -0.282 e. The first-order valence-electron chi connectivity index (χ1n) is 5.86. The van der Waals surface area contributed by atoms with E-state index in [0.29, 0.717) is 0 Å². The van der Waals surface area contributed by atoms with Crippen LogP contribution in [0.25, 0.3) is 21.5 Å². The van der Waals surface area contributed by atoms with Gasteiger partial charge in [0.05, 0.1) is 4.90 Å². The molecule has 3 aromatic rings. The summed E-state index contributed by atoms with van der Waals surface area (Å²) in [6, 6.07) is 14.9. The van der Waals surface area contributed by atoms with Crippen molar-refractivity contribution in [2.45, 2.75) is 11.8 Å². The molecule has 0 aromatic heterocycles. The number of rotatable bonds is 1. The number of hydrogen-bond acceptors (Lipinski definition) is 2. The summed E-state index contributed by atoms with van der Waals surface area (Å²) >= 11 is 0. The van der Waals surface area contributed by atoms with Crippen LogP contribution in [0.5, 0.6) is 0 Å². The van der Waals surface area contributed by atoms with E-state index < -0.39 is 10.1 Å². The summed E-state index contributed by atoms with van der Waals surface area (Å²) < 4.78 is 31.7. The lowest BCUT2D eigenvalue weighted by Crippen LogP contribution is -1.98. The van der Waals surface area contributed by atoms with Crippen molar-refractivity contribution >= 4 is 31.7 Å². The molecule has 0 amide bonds. The van der Waals surface area contributed by atoms with Gasteiger partial charge in [0.2, 0.25) is 0 Å². The molecule has 0 unspecified atom stereocenters. The fourth-order valence-electron chi connectivity index (χ4n) is 2.35. The first-order chi connectivity index (χ1) is 8.95. The molecule has 0 aliphatic carbocycles. The van der Waals surface area contributed by atoms with Crippen LogP contribution in [0, 0.1) is 6.92 Å². The van der Waals surface area contributed by atoms with Crippen LogP contribution >= 0.6 is 0 Å². The Balaban J connectivity index is 2.45. The van der Waals surface area contributed by atoms with Gasteiger partial charge < -0.3 is 0 Å². The van der Waals surface area contributed by atoms with Crippen LogP contribution in [0.3, 0.4) is 0 Å². The van der Waals surface area contributed by atoms with Crippen LogP contribution in [0.4, 0.5) is 0 Å². The van der Waals surface area contributed by atoms with Gasteiger partial charge in [-0.3, -0.25) is 4.55 Å². The van der Waals surface area contributed by atoms with Crippen LogP contribution in [0.2, 0.25) is 0 Å². The highest BCUT2D eigenvalue weighted by Crippen LogP contribution is 2.27. The lowest BCUT2D eigenvalue weighted by atomic mass is 10.0. The van der Waals surface area contributed by atoms with Crippen LogP contribution < -0.4 is 0 Å². The van der Waals surface area contributed by atoms with Gasteiger partial charge >= 0.3 is 0 Å². The third-order valence-electron chi connectivity index (χ3n) is 3.30. The number of hydrogen-bond donors (Lipinski definition) is 1. The predicted octanol–water partition coefficient (Wildman–Crippen LogP) is 3.55. The van der Waals surface area contributed by atoms with Crippen LogP contribution in [0.1, 0.15) is 5.56 Å². The highest BCUT2D eigenvalue weighted by molar-refractivity contribution is 7.85. The van der Waals surface area contributed by atoms with Crippen LogP contribution in [-0.4, -0.2) is 13.0 Å². The standard InChI is InChI=1S/C15H12O3S/c1-10-6-14(19(16,17)18)8-13-7-11-4-2-3-5-12(11)9-15(10)13/h2-9H,1H3,(H,16,17,18). The van der Waals surface area contributed by atoms with Crippen molar-refractivity contribution in [2.24, 2.45) is 0 Å². The van der Waals surface area contributed by atoms with Gasteiger partial charge in [-0.25, -0.2) is 0 Å². The molecule has 3 nitrogen and oxygen atoms in total. The van der Waals surface area contributed by atoms with Crippen LogP contribution in [0.15, 0.2) is 53.4 Å². The van der Waals surface area contributed by atoms with Crippen molar-refractivity contribution in [3.8, 4) is 0 Å². The summed E-state index contributed by atoms with van der Waals surface area (Å²) in [5, 5.41) is 3.96. The van der Waals surface area contributed by atoms with Gasteiger partial charge in [0.15, 0.2) is 0 Å². The Morgan fingerprint density at radius 2 is 1.53 bits per heavy atom. The quantitative estimate of drug-likeness (QED) is 0.544. The first kappa shape index (κ1) is 12.1. The summed E-state index contributed by atoms with van der Waals surface area (Å²) in [5.74, 6) is 0. The van der Waals surface area contributed by atoms with E-state index in [1.807, 2.05) is 43.3 Å². The highest BCUT2D eigenvalue weighted by Gasteiger charge is 2.12. The first-order valence-corrected chi connectivity index (χ1v) is 7.30. The maximum absolute atomic E-state index is 11.2. The van der Waals surface area contributed by atoms with Crippen molar-refractivity contribution in [3.05, 3.63) is 54.1 Å². The van der Waals surface area contributed by atoms with Gasteiger partial charge in [0, 0.05) is 0 Å². The van der Waals surface area contributed by atoms with Crippen molar-refractivity contribution < 1.29 is 13.0 Å². The second kappa shape index (κ2) is 4.05. The molecular weight excluding hydrogens is 260 g/mol. The minimum atomic E-state index is -4.17. The average Bonchev–Trinajstić information content (AvgIpc) is 2.35. The fourth-order valence-corrected chi connectivity index (χ4v) is 2.96. The molecule has 0 radical (unpaired) electrons. The minimum absolute atomic E-state index is 0.0622. The van der Waals surface area contributed by atoms with Crippen molar-refractivity contribution in [1.82, 2.24) is 0 Å². The smallest absolute Gasteiger partial charge is 0.282 e. The zero-order chi connectivity index (χ0) is 13.6. The molecule has 19 heavy (non-hydrogen) atoms. The third kappa shape index (κ3) is 2.09. The molecule has 0 fully saturated rings. The second-order valence-electron chi connectivity index (χ2n) is 4.64. The Morgan fingerprint density at radius 1 is 0.895 bits per heavy atom. The summed E-state index contributed by atoms with van der Waals surface area (Å²) in [7, 11) is -4.17. The average molecular weight is 272 g/mol. The number of benzene rings is 3. The Morgan fingerprint density at radius 3 is 2.16 bits per heavy atom. The lowest BCUT2D eigenvalue weighted by molar-refractivity contribution is 0.483. The summed E-state index contributed by atoms with van der Waals surface area (Å²) in [5.41, 5.74) is 0.830. The van der Waals surface area contributed by atoms with E-state index in [0.717, 1.165) is 27.1 Å². The molecular formula is C15H12O3S. The monoisotopic (exact) mass is 272 g/mol. The van der Waals surface area contributed by atoms with Gasteiger partial charge in [-0.1, -0.05) is 24.3 Å². The molecule has 3 aromatic carbocycles. The van der Waals surface area contributed by atoms with E-state index in [9.17, 15) is 8.42 Å². The van der Waals surface area contributed by atoms with Gasteiger partial charge in [-0.2, -0.15) is 8.42 Å². The van der Waals surface area contributed by atoms with Gasteiger partial charge in [-0.05, 0) is 58.3 Å². The zero-order valence-electron chi connectivity index (χ0n) is 10.3. The van der Waals surface area contributed by atoms with Gasteiger partial charge in [0.25, 0.3) is 10.1 Å². The second-order valence-corrected chi connectivity index (χ2v) is 6.06. The molecule has 3 rings (SSSR count). The Hall–Kier alpha value is -1.91. The fraction of sp³-hybridized carbons (Fsp3) is 0.0667. The van der Waals surface area contributed by atoms with Gasteiger partial charge in [-0.15, -0.1) is 0 Å². The predicted molar refractivity (Wildman–Crippen MR) is 76.0 cm³/mol. The number of fused-ring (bicyclic) bond motifs is 2. The van der Waals surface area contributed by atoms with E-state index >= 15 is 0 Å². The molecule has 0 saturated heterocycles. The molecule has 0 atom stereocenters. The molecule has 0 aliphatic heterocycles. The van der Waals surface area contributed by atoms with Crippen LogP contribution in [-0.2, 0) is 10.1 Å². The maximum atomic E-state index is 11.2. The topological polar surface area (TPSA) is 54.4 Å². The highest BCUT2D eigenvalue weighted by atomic mass is 32.2. The largest absolute Gasteiger partial charge is 0.294 e. The third-order valence-corrected chi connectivity index (χ3v) is 4.13. The normalized spacial score (nSPS) is 12.1. The molecule has 0 aliphatic rings. The summed E-state index contributed by atoms with van der Waals surface area (Å²) in [6.07, 6.45) is 0. The lowest BCUT2D eigenvalue weighted by Gasteiger charge is -2.07. The molecule has 1 N–H and O–H groups in total. The molecule has 0 heterocycles. The molecule has 0 saturated carbocycles. The van der Waals surface area contributed by atoms with Gasteiger partial charge in [0.1, 0.15) is 0 Å². The van der Waals surface area contributed by atoms with E-state index in [2.05, 4.69) is 0 Å². The Labute approximate surface area is 111 Å². The molecule has 96 valence electrons.